The zero-order valence-corrected chi connectivity index (χ0v) is 15.6. The molecule has 0 spiro atoms. The molecule has 0 aliphatic rings. The third-order valence-corrected chi connectivity index (χ3v) is 3.91. The molecular formula is C17H27O5P. The number of hydrogen-bond acceptors (Lipinski definition) is 4. The Kier molecular flexibility index (Phi) is 6.19. The van der Waals surface area contributed by atoms with Gasteiger partial charge >= 0.3 is 14.6 Å². The maximum atomic E-state index is 10.9. The smallest absolute Gasteiger partial charge is 0.391 e. The fraction of sp³-hybridized carbons (Fsp3) is 0.588. The molecule has 23 heavy (non-hydrogen) atoms. The van der Waals surface area contributed by atoms with Gasteiger partial charge in [-0.25, -0.2) is 0 Å². The van der Waals surface area contributed by atoms with Gasteiger partial charge in [-0.15, -0.1) is 0 Å². The monoisotopic (exact) mass is 342 g/mol. The van der Waals surface area contributed by atoms with E-state index in [1.165, 1.54) is 0 Å². The summed E-state index contributed by atoms with van der Waals surface area (Å²) in [6, 6.07) is 3.82. The first kappa shape index (κ1) is 19.9. The predicted octanol–water partition coefficient (Wildman–Crippen LogP) is 3.89. The van der Waals surface area contributed by atoms with Crippen molar-refractivity contribution in [1.82, 2.24) is 0 Å². The molecule has 0 aliphatic heterocycles. The molecule has 1 aromatic carbocycles. The molecular weight excluding hydrogens is 315 g/mol. The van der Waals surface area contributed by atoms with Crippen LogP contribution in [-0.4, -0.2) is 20.9 Å². The lowest BCUT2D eigenvalue weighted by atomic mass is 9.78. The molecule has 0 aliphatic carbocycles. The van der Waals surface area contributed by atoms with Gasteiger partial charge < -0.3 is 19.4 Å². The van der Waals surface area contributed by atoms with E-state index in [0.29, 0.717) is 12.2 Å². The summed E-state index contributed by atoms with van der Waals surface area (Å²) in [6.45, 7) is 12.1. The molecule has 1 rings (SSSR count). The van der Waals surface area contributed by atoms with E-state index in [1.54, 1.807) is 0 Å². The van der Waals surface area contributed by atoms with Crippen LogP contribution in [0.2, 0.25) is 0 Å². The van der Waals surface area contributed by atoms with Crippen LogP contribution in [0.3, 0.4) is 0 Å². The van der Waals surface area contributed by atoms with Crippen LogP contribution >= 0.6 is 8.60 Å². The molecule has 0 atom stereocenters. The first-order valence-corrected chi connectivity index (χ1v) is 8.74. The van der Waals surface area contributed by atoms with Gasteiger partial charge in [0.1, 0.15) is 5.75 Å². The largest absolute Gasteiger partial charge is 0.481 e. The highest BCUT2D eigenvalue weighted by molar-refractivity contribution is 7.39. The number of rotatable bonds is 5. The standard InChI is InChI=1S/C17H27O5P/c1-16(2,3)12-9-11(7-8-14(18)19)10-13(17(4,5)6)15(12)22-23(20)21/h9-10,20-21H,7-8H2,1-6H3,(H,18,19). The molecule has 1 aromatic rings. The molecule has 0 aromatic heterocycles. The first-order valence-electron chi connectivity index (χ1n) is 7.58. The third-order valence-electron chi connectivity index (χ3n) is 3.57. The lowest BCUT2D eigenvalue weighted by Crippen LogP contribution is -2.20. The van der Waals surface area contributed by atoms with Gasteiger partial charge in [0.15, 0.2) is 0 Å². The van der Waals surface area contributed by atoms with Crippen molar-refractivity contribution in [2.45, 2.75) is 65.2 Å². The highest BCUT2D eigenvalue weighted by Crippen LogP contribution is 2.44. The summed E-state index contributed by atoms with van der Waals surface area (Å²) in [6.07, 6.45) is 0.481. The van der Waals surface area contributed by atoms with Crippen molar-refractivity contribution in [3.8, 4) is 5.75 Å². The van der Waals surface area contributed by atoms with Crippen LogP contribution in [0.1, 0.15) is 64.7 Å². The molecule has 3 N–H and O–H groups in total. The van der Waals surface area contributed by atoms with Crippen molar-refractivity contribution in [1.29, 1.82) is 0 Å². The number of hydrogen-bond donors (Lipinski definition) is 3. The minimum absolute atomic E-state index is 0.0556. The molecule has 0 saturated heterocycles. The summed E-state index contributed by atoms with van der Waals surface area (Å²) in [5.41, 5.74) is 2.05. The van der Waals surface area contributed by atoms with Crippen molar-refractivity contribution in [3.05, 3.63) is 28.8 Å². The second kappa shape index (κ2) is 7.16. The van der Waals surface area contributed by atoms with Gasteiger partial charge in [-0.3, -0.25) is 4.79 Å². The van der Waals surface area contributed by atoms with Crippen molar-refractivity contribution < 1.29 is 24.2 Å². The van der Waals surface area contributed by atoms with Crippen LogP contribution in [0.15, 0.2) is 12.1 Å². The number of carbonyl (C=O) groups is 1. The second-order valence-corrected chi connectivity index (χ2v) is 8.45. The Morgan fingerprint density at radius 3 is 1.78 bits per heavy atom. The Balaban J connectivity index is 3.54. The van der Waals surface area contributed by atoms with Gasteiger partial charge in [-0.05, 0) is 22.8 Å². The lowest BCUT2D eigenvalue weighted by molar-refractivity contribution is -0.136. The van der Waals surface area contributed by atoms with Crippen molar-refractivity contribution in [2.75, 3.05) is 0 Å². The van der Waals surface area contributed by atoms with Gasteiger partial charge in [0.05, 0.1) is 0 Å². The number of carboxylic acids is 1. The van der Waals surface area contributed by atoms with Crippen molar-refractivity contribution in [3.63, 3.8) is 0 Å². The van der Waals surface area contributed by atoms with Gasteiger partial charge in [-0.2, -0.15) is 0 Å². The fourth-order valence-corrected chi connectivity index (χ4v) is 2.74. The average Bonchev–Trinajstić information content (AvgIpc) is 2.33. The molecule has 0 saturated carbocycles. The molecule has 0 fully saturated rings. The molecule has 0 amide bonds. The summed E-state index contributed by atoms with van der Waals surface area (Å²) in [7, 11) is -2.53. The van der Waals surface area contributed by atoms with Crippen LogP contribution in [0.25, 0.3) is 0 Å². The minimum Gasteiger partial charge on any atom is -0.481 e. The predicted molar refractivity (Wildman–Crippen MR) is 91.8 cm³/mol. The fourth-order valence-electron chi connectivity index (χ4n) is 2.38. The number of carboxylic acid groups (broad SMARTS) is 1. The maximum Gasteiger partial charge on any atom is 0.391 e. The van der Waals surface area contributed by atoms with E-state index in [2.05, 4.69) is 0 Å². The van der Waals surface area contributed by atoms with E-state index in [4.69, 9.17) is 9.63 Å². The van der Waals surface area contributed by atoms with E-state index >= 15 is 0 Å². The topological polar surface area (TPSA) is 87.0 Å². The van der Waals surface area contributed by atoms with E-state index < -0.39 is 14.6 Å². The zero-order chi connectivity index (χ0) is 18.0. The summed E-state index contributed by atoms with van der Waals surface area (Å²) in [5, 5.41) is 8.92. The minimum atomic E-state index is -2.53. The number of aliphatic carboxylic acids is 1. The highest BCUT2D eigenvalue weighted by Gasteiger charge is 2.29. The summed E-state index contributed by atoms with van der Waals surface area (Å²) in [4.78, 5) is 29.6. The van der Waals surface area contributed by atoms with E-state index in [-0.39, 0.29) is 17.3 Å². The van der Waals surface area contributed by atoms with Crippen molar-refractivity contribution >= 4 is 14.6 Å². The average molecular weight is 342 g/mol. The summed E-state index contributed by atoms with van der Waals surface area (Å²) >= 11 is 0. The van der Waals surface area contributed by atoms with Gasteiger partial charge in [0.25, 0.3) is 0 Å². The molecule has 0 bridgehead atoms. The molecule has 6 heteroatoms. The van der Waals surface area contributed by atoms with E-state index in [1.807, 2.05) is 53.7 Å². The van der Waals surface area contributed by atoms with E-state index in [9.17, 15) is 14.6 Å². The Hall–Kier alpha value is -1.16. The third kappa shape index (κ3) is 5.76. The first-order chi connectivity index (χ1) is 10.3. The quantitative estimate of drug-likeness (QED) is 0.707. The Morgan fingerprint density at radius 1 is 1.04 bits per heavy atom. The number of benzene rings is 1. The Labute approximate surface area is 139 Å². The summed E-state index contributed by atoms with van der Waals surface area (Å²) < 4.78 is 5.37. The molecule has 130 valence electrons. The number of aryl methyl sites for hydroxylation is 1. The van der Waals surface area contributed by atoms with Crippen LogP contribution in [0, 0.1) is 0 Å². The SMILES string of the molecule is CC(C)(C)c1cc(CCC(=O)O)cc(C(C)(C)C)c1OP(O)O. The zero-order valence-electron chi connectivity index (χ0n) is 14.7. The van der Waals surface area contributed by atoms with Crippen molar-refractivity contribution in [2.24, 2.45) is 0 Å². The van der Waals surface area contributed by atoms with Gasteiger partial charge in [-0.1, -0.05) is 53.7 Å². The molecule has 5 nitrogen and oxygen atoms in total. The second-order valence-electron chi connectivity index (χ2n) is 7.76. The van der Waals surface area contributed by atoms with Crippen LogP contribution in [0.5, 0.6) is 5.75 Å². The molecule has 0 radical (unpaired) electrons. The van der Waals surface area contributed by atoms with Gasteiger partial charge in [0.2, 0.25) is 0 Å². The maximum absolute atomic E-state index is 10.9. The lowest BCUT2D eigenvalue weighted by Gasteiger charge is -2.30. The molecule has 0 heterocycles. The Bertz CT molecular complexity index is 532. The molecule has 0 unspecified atom stereocenters. The van der Waals surface area contributed by atoms with Crippen LogP contribution in [0.4, 0.5) is 0 Å². The summed E-state index contributed by atoms with van der Waals surface area (Å²) in [5.74, 6) is -0.352. The normalized spacial score (nSPS) is 12.6. The van der Waals surface area contributed by atoms with E-state index in [0.717, 1.165) is 16.7 Å². The van der Waals surface area contributed by atoms with Crippen LogP contribution < -0.4 is 4.52 Å². The highest BCUT2D eigenvalue weighted by atomic mass is 31.2. The van der Waals surface area contributed by atoms with Crippen LogP contribution in [-0.2, 0) is 22.0 Å². The van der Waals surface area contributed by atoms with Gasteiger partial charge in [0, 0.05) is 17.5 Å². The Morgan fingerprint density at radius 2 is 1.48 bits per heavy atom.